The maximum Gasteiger partial charge on any atom is 0.416 e. The minimum absolute atomic E-state index is 0.114. The number of aliphatic hydroxyl groups is 1. The molecular formula is C20H20F3N3O2. The molecule has 0 spiro atoms. The van der Waals surface area contributed by atoms with Crippen molar-refractivity contribution in [1.82, 2.24) is 10.2 Å². The van der Waals surface area contributed by atoms with Gasteiger partial charge in [-0.3, -0.25) is 4.79 Å². The Morgan fingerprint density at radius 2 is 2.00 bits per heavy atom. The zero-order chi connectivity index (χ0) is 20.5. The van der Waals surface area contributed by atoms with Gasteiger partial charge in [0.1, 0.15) is 0 Å². The third-order valence-corrected chi connectivity index (χ3v) is 4.45. The van der Waals surface area contributed by atoms with Crippen molar-refractivity contribution in [3.63, 3.8) is 0 Å². The van der Waals surface area contributed by atoms with Crippen LogP contribution < -0.4 is 5.32 Å². The maximum absolute atomic E-state index is 12.9. The van der Waals surface area contributed by atoms with E-state index in [1.807, 2.05) is 26.2 Å². The Kier molecular flexibility index (Phi) is 5.42. The Morgan fingerprint density at radius 3 is 2.68 bits per heavy atom. The molecule has 0 aliphatic heterocycles. The van der Waals surface area contributed by atoms with Crippen molar-refractivity contribution in [3.8, 4) is 0 Å². The molecule has 2 atom stereocenters. The highest BCUT2D eigenvalue weighted by molar-refractivity contribution is 5.94. The van der Waals surface area contributed by atoms with Crippen LogP contribution >= 0.6 is 0 Å². The van der Waals surface area contributed by atoms with E-state index in [4.69, 9.17) is 0 Å². The molecule has 0 fully saturated rings. The van der Waals surface area contributed by atoms with Gasteiger partial charge in [0.15, 0.2) is 0 Å². The van der Waals surface area contributed by atoms with E-state index < -0.39 is 29.8 Å². The first kappa shape index (κ1) is 19.9. The van der Waals surface area contributed by atoms with Gasteiger partial charge in [0.2, 0.25) is 0 Å². The van der Waals surface area contributed by atoms with Gasteiger partial charge in [0.05, 0.1) is 29.7 Å². The molecule has 8 heteroatoms. The van der Waals surface area contributed by atoms with Gasteiger partial charge >= 0.3 is 6.18 Å². The van der Waals surface area contributed by atoms with Gasteiger partial charge < -0.3 is 15.3 Å². The smallest absolute Gasteiger partial charge is 0.390 e. The molecule has 1 amide bonds. The second-order valence-corrected chi connectivity index (χ2v) is 6.89. The van der Waals surface area contributed by atoms with Crippen molar-refractivity contribution in [1.29, 1.82) is 0 Å². The molecule has 5 nitrogen and oxygen atoms in total. The largest absolute Gasteiger partial charge is 0.416 e. The molecule has 2 aromatic carbocycles. The van der Waals surface area contributed by atoms with Gasteiger partial charge in [-0.15, -0.1) is 0 Å². The Balaban J connectivity index is 1.84. The van der Waals surface area contributed by atoms with Crippen molar-refractivity contribution in [2.45, 2.75) is 24.7 Å². The van der Waals surface area contributed by atoms with Crippen molar-refractivity contribution in [2.75, 3.05) is 14.1 Å². The van der Waals surface area contributed by atoms with Gasteiger partial charge in [0.25, 0.3) is 5.91 Å². The minimum atomic E-state index is -4.53. The molecule has 3 rings (SSSR count). The summed E-state index contributed by atoms with van der Waals surface area (Å²) >= 11 is 0. The number of hydrogen-bond donors (Lipinski definition) is 2. The van der Waals surface area contributed by atoms with Gasteiger partial charge in [-0.05, 0) is 41.5 Å². The number of benzene rings is 2. The van der Waals surface area contributed by atoms with E-state index in [1.54, 1.807) is 17.3 Å². The summed E-state index contributed by atoms with van der Waals surface area (Å²) in [6.45, 7) is 0. The summed E-state index contributed by atoms with van der Waals surface area (Å²) < 4.78 is 38.6. The molecule has 0 saturated heterocycles. The lowest BCUT2D eigenvalue weighted by Crippen LogP contribution is -2.34. The molecule has 28 heavy (non-hydrogen) atoms. The first-order valence-electron chi connectivity index (χ1n) is 8.65. The average Bonchev–Trinajstić information content (AvgIpc) is 2.94. The normalized spacial score (nSPS) is 18.9. The van der Waals surface area contributed by atoms with Crippen LogP contribution in [0, 0.1) is 0 Å². The van der Waals surface area contributed by atoms with E-state index >= 15 is 0 Å². The first-order valence-corrected chi connectivity index (χ1v) is 8.65. The summed E-state index contributed by atoms with van der Waals surface area (Å²) in [4.78, 5) is 18.6. The van der Waals surface area contributed by atoms with E-state index in [-0.39, 0.29) is 5.56 Å². The number of carbonyl (C=O) groups excluding carboxylic acids is 1. The molecule has 1 aliphatic rings. The van der Waals surface area contributed by atoms with Crippen molar-refractivity contribution < 1.29 is 23.1 Å². The summed E-state index contributed by atoms with van der Waals surface area (Å²) in [5.41, 5.74) is 1.22. The molecule has 0 saturated carbocycles. The van der Waals surface area contributed by atoms with Crippen LogP contribution in [-0.2, 0) is 12.6 Å². The predicted octanol–water partition coefficient (Wildman–Crippen LogP) is 3.31. The molecule has 148 valence electrons. The monoisotopic (exact) mass is 391 g/mol. The van der Waals surface area contributed by atoms with Crippen molar-refractivity contribution in [3.05, 3.63) is 64.7 Å². The van der Waals surface area contributed by atoms with Gasteiger partial charge in [-0.25, -0.2) is 4.99 Å². The topological polar surface area (TPSA) is 64.9 Å². The molecule has 0 aromatic heterocycles. The Hall–Kier alpha value is -2.87. The number of halogens is 3. The van der Waals surface area contributed by atoms with E-state index in [9.17, 15) is 23.1 Å². The van der Waals surface area contributed by atoms with E-state index in [2.05, 4.69) is 10.3 Å². The molecule has 2 unspecified atom stereocenters. The van der Waals surface area contributed by atoms with Crippen molar-refractivity contribution in [2.24, 2.45) is 4.99 Å². The highest BCUT2D eigenvalue weighted by atomic mass is 19.4. The van der Waals surface area contributed by atoms with Crippen LogP contribution in [0.3, 0.4) is 0 Å². The highest BCUT2D eigenvalue weighted by Gasteiger charge is 2.34. The van der Waals surface area contributed by atoms with E-state index in [0.717, 1.165) is 17.7 Å². The second-order valence-electron chi connectivity index (χ2n) is 6.89. The maximum atomic E-state index is 12.9. The zero-order valence-corrected chi connectivity index (χ0v) is 15.4. The van der Waals surface area contributed by atoms with Gasteiger partial charge in [0, 0.05) is 26.1 Å². The van der Waals surface area contributed by atoms with Gasteiger partial charge in [-0.1, -0.05) is 12.1 Å². The van der Waals surface area contributed by atoms with E-state index in [0.29, 0.717) is 17.7 Å². The molecule has 0 bridgehead atoms. The Bertz CT molecular complexity index is 910. The predicted molar refractivity (Wildman–Crippen MR) is 99.6 cm³/mol. The van der Waals surface area contributed by atoms with E-state index in [1.165, 1.54) is 12.1 Å². The number of amides is 1. The summed E-state index contributed by atoms with van der Waals surface area (Å²) in [7, 11) is 3.66. The fourth-order valence-electron chi connectivity index (χ4n) is 3.11. The first-order chi connectivity index (χ1) is 13.1. The Labute approximate surface area is 160 Å². The second kappa shape index (κ2) is 7.63. The SMILES string of the molecule is CN(C)C=Nc1ccc2c(c1)C(NC(=O)c1cccc(C(F)(F)F)c1)C(O)C2. The fraction of sp³-hybridized carbons (Fsp3) is 0.300. The number of nitrogens with one attached hydrogen (secondary N) is 1. The number of fused-ring (bicyclic) bond motifs is 1. The highest BCUT2D eigenvalue weighted by Crippen LogP contribution is 2.35. The van der Waals surface area contributed by atoms with Crippen LogP contribution in [0.4, 0.5) is 18.9 Å². The Morgan fingerprint density at radius 1 is 1.25 bits per heavy atom. The summed E-state index contributed by atoms with van der Waals surface area (Å²) in [6, 6.07) is 8.89. The number of aliphatic imine (C=N–C) groups is 1. The van der Waals surface area contributed by atoms with Crippen LogP contribution in [0.2, 0.25) is 0 Å². The quantitative estimate of drug-likeness (QED) is 0.621. The van der Waals surface area contributed by atoms with Crippen molar-refractivity contribution >= 4 is 17.9 Å². The number of nitrogens with zero attached hydrogens (tertiary/aromatic N) is 2. The third kappa shape index (κ3) is 4.33. The number of alkyl halides is 3. The summed E-state index contributed by atoms with van der Waals surface area (Å²) in [5.74, 6) is -0.676. The lowest BCUT2D eigenvalue weighted by atomic mass is 10.1. The lowest BCUT2D eigenvalue weighted by molar-refractivity contribution is -0.137. The molecule has 0 radical (unpaired) electrons. The number of rotatable bonds is 4. The number of hydrogen-bond acceptors (Lipinski definition) is 3. The molecule has 2 N–H and O–H groups in total. The van der Waals surface area contributed by atoms with Crippen LogP contribution in [-0.4, -0.2) is 42.5 Å². The third-order valence-electron chi connectivity index (χ3n) is 4.45. The molecule has 1 aliphatic carbocycles. The van der Waals surface area contributed by atoms with Crippen LogP contribution in [0.5, 0.6) is 0 Å². The molecule has 0 heterocycles. The van der Waals surface area contributed by atoms with Crippen LogP contribution in [0.15, 0.2) is 47.5 Å². The zero-order valence-electron chi connectivity index (χ0n) is 15.4. The lowest BCUT2D eigenvalue weighted by Gasteiger charge is -2.18. The summed E-state index contributed by atoms with van der Waals surface area (Å²) in [5, 5.41) is 13.0. The number of carbonyl (C=O) groups is 1. The molecular weight excluding hydrogens is 371 g/mol. The van der Waals surface area contributed by atoms with Gasteiger partial charge in [-0.2, -0.15) is 13.2 Å². The number of aliphatic hydroxyl groups excluding tert-OH is 1. The standard InChI is InChI=1S/C20H20F3N3O2/c1-26(2)11-24-15-7-6-12-9-17(27)18(16(12)10-15)25-19(28)13-4-3-5-14(8-13)20(21,22)23/h3-8,10-11,17-18,27H,9H2,1-2H3,(H,25,28). The summed E-state index contributed by atoms with van der Waals surface area (Å²) in [6.07, 6.45) is -3.42. The van der Waals surface area contributed by atoms with Crippen LogP contribution in [0.1, 0.15) is 33.1 Å². The fourth-order valence-corrected chi connectivity index (χ4v) is 3.11. The molecule has 2 aromatic rings. The minimum Gasteiger partial charge on any atom is -0.390 e. The van der Waals surface area contributed by atoms with Crippen LogP contribution in [0.25, 0.3) is 0 Å². The average molecular weight is 391 g/mol.